The zero-order valence-corrected chi connectivity index (χ0v) is 18.2. The van der Waals surface area contributed by atoms with Gasteiger partial charge < -0.3 is 25.8 Å². The van der Waals surface area contributed by atoms with Crippen LogP contribution in [0.15, 0.2) is 24.3 Å². The van der Waals surface area contributed by atoms with Crippen molar-refractivity contribution in [3.8, 4) is 0 Å². The van der Waals surface area contributed by atoms with Crippen molar-refractivity contribution in [1.29, 1.82) is 0 Å². The van der Waals surface area contributed by atoms with Gasteiger partial charge in [0.1, 0.15) is 6.54 Å². The molecule has 1 aromatic rings. The SMILES string of the molecule is CC(C)(C)c1cccc(C[NH+]2CCNC(=O)[C@@H]2CC(=O)NCCN2CCNC2=O)c1. The molecule has 3 rings (SSSR count). The first-order valence-electron chi connectivity index (χ1n) is 10.8. The van der Waals surface area contributed by atoms with Crippen LogP contribution < -0.4 is 20.9 Å². The highest BCUT2D eigenvalue weighted by atomic mass is 16.2. The minimum atomic E-state index is -0.410. The average molecular weight is 417 g/mol. The van der Waals surface area contributed by atoms with Crippen molar-refractivity contribution in [2.45, 2.75) is 45.2 Å². The number of amides is 4. The van der Waals surface area contributed by atoms with E-state index in [1.165, 1.54) is 11.1 Å². The predicted molar refractivity (Wildman–Crippen MR) is 114 cm³/mol. The highest BCUT2D eigenvalue weighted by molar-refractivity contribution is 5.87. The molecule has 0 bridgehead atoms. The average Bonchev–Trinajstić information content (AvgIpc) is 3.09. The highest BCUT2D eigenvalue weighted by Crippen LogP contribution is 2.22. The molecule has 30 heavy (non-hydrogen) atoms. The van der Waals surface area contributed by atoms with Crippen LogP contribution in [0.4, 0.5) is 4.79 Å². The molecule has 2 heterocycles. The van der Waals surface area contributed by atoms with Gasteiger partial charge in [0.25, 0.3) is 5.91 Å². The van der Waals surface area contributed by atoms with E-state index in [-0.39, 0.29) is 29.7 Å². The summed E-state index contributed by atoms with van der Waals surface area (Å²) in [4.78, 5) is 39.3. The molecule has 4 amide bonds. The molecule has 2 fully saturated rings. The van der Waals surface area contributed by atoms with Gasteiger partial charge in [-0.15, -0.1) is 0 Å². The van der Waals surface area contributed by atoms with Crippen molar-refractivity contribution in [3.05, 3.63) is 35.4 Å². The van der Waals surface area contributed by atoms with Gasteiger partial charge in [-0.25, -0.2) is 4.79 Å². The third kappa shape index (κ3) is 5.72. The van der Waals surface area contributed by atoms with Gasteiger partial charge in [-0.3, -0.25) is 9.59 Å². The fraction of sp³-hybridized carbons (Fsp3) is 0.591. The summed E-state index contributed by atoms with van der Waals surface area (Å²) < 4.78 is 0. The van der Waals surface area contributed by atoms with Gasteiger partial charge in [0.15, 0.2) is 6.04 Å². The van der Waals surface area contributed by atoms with E-state index in [4.69, 9.17) is 0 Å². The number of quaternary nitrogens is 1. The van der Waals surface area contributed by atoms with Crippen LogP contribution in [0.1, 0.15) is 38.3 Å². The lowest BCUT2D eigenvalue weighted by molar-refractivity contribution is -0.930. The summed E-state index contributed by atoms with van der Waals surface area (Å²) in [5.41, 5.74) is 2.51. The summed E-state index contributed by atoms with van der Waals surface area (Å²) in [6.45, 7) is 10.9. The lowest BCUT2D eigenvalue weighted by atomic mass is 9.86. The smallest absolute Gasteiger partial charge is 0.317 e. The van der Waals surface area contributed by atoms with Crippen LogP contribution in [0, 0.1) is 0 Å². The van der Waals surface area contributed by atoms with E-state index in [2.05, 4.69) is 61.0 Å². The number of urea groups is 1. The van der Waals surface area contributed by atoms with Crippen molar-refractivity contribution in [2.24, 2.45) is 0 Å². The van der Waals surface area contributed by atoms with E-state index in [0.29, 0.717) is 39.3 Å². The first-order valence-corrected chi connectivity index (χ1v) is 10.8. The molecular formula is C22H34N5O3+. The molecule has 4 N–H and O–H groups in total. The Bertz CT molecular complexity index is 789. The van der Waals surface area contributed by atoms with Gasteiger partial charge in [-0.1, -0.05) is 39.0 Å². The Morgan fingerprint density at radius 1 is 1.23 bits per heavy atom. The van der Waals surface area contributed by atoms with Crippen molar-refractivity contribution in [2.75, 3.05) is 39.3 Å². The molecule has 0 spiro atoms. The molecule has 2 aliphatic heterocycles. The summed E-state index contributed by atoms with van der Waals surface area (Å²) in [6, 6.07) is 7.99. The van der Waals surface area contributed by atoms with E-state index < -0.39 is 6.04 Å². The van der Waals surface area contributed by atoms with Gasteiger partial charge in [-0.05, 0) is 17.0 Å². The van der Waals surface area contributed by atoms with E-state index >= 15 is 0 Å². The lowest BCUT2D eigenvalue weighted by Crippen LogP contribution is -3.18. The Morgan fingerprint density at radius 3 is 2.73 bits per heavy atom. The first kappa shape index (κ1) is 22.1. The van der Waals surface area contributed by atoms with Gasteiger partial charge in [0, 0.05) is 31.7 Å². The molecule has 1 unspecified atom stereocenters. The second kappa shape index (κ2) is 9.47. The Balaban J connectivity index is 1.57. The number of nitrogens with zero attached hydrogens (tertiary/aromatic N) is 1. The van der Waals surface area contributed by atoms with Crippen LogP contribution in [-0.4, -0.2) is 68.1 Å². The molecule has 0 saturated carbocycles. The second-order valence-electron chi connectivity index (χ2n) is 9.15. The number of piperazine rings is 1. The Kier molecular flexibility index (Phi) is 6.97. The maximum Gasteiger partial charge on any atom is 0.317 e. The first-order chi connectivity index (χ1) is 14.2. The molecule has 1 aromatic carbocycles. The molecule has 8 nitrogen and oxygen atoms in total. The Morgan fingerprint density at radius 2 is 2.03 bits per heavy atom. The number of carbonyl (C=O) groups excluding carboxylic acids is 3. The van der Waals surface area contributed by atoms with Crippen LogP contribution in [0.5, 0.6) is 0 Å². The van der Waals surface area contributed by atoms with E-state index in [1.807, 2.05) is 0 Å². The molecule has 2 atom stereocenters. The predicted octanol–water partition coefficient (Wildman–Crippen LogP) is -0.601. The molecule has 2 saturated heterocycles. The standard InChI is InChI=1S/C22H33N5O3/c1-22(2,3)17-6-4-5-16(13-17)15-27-12-8-24-20(29)18(27)14-19(28)23-7-10-26-11-9-25-21(26)30/h4-6,13,18H,7-12,14-15H2,1-3H3,(H,23,28)(H,24,29)(H,25,30)/p+1/t18-/m0/s1. The minimum absolute atomic E-state index is 0.0656. The maximum absolute atomic E-state index is 12.5. The number of hydrogen-bond donors (Lipinski definition) is 4. The van der Waals surface area contributed by atoms with E-state index in [9.17, 15) is 14.4 Å². The Labute approximate surface area is 178 Å². The fourth-order valence-corrected chi connectivity index (χ4v) is 4.00. The fourth-order valence-electron chi connectivity index (χ4n) is 4.00. The zero-order valence-electron chi connectivity index (χ0n) is 18.2. The molecule has 0 aromatic heterocycles. The highest BCUT2D eigenvalue weighted by Gasteiger charge is 2.35. The van der Waals surface area contributed by atoms with Crippen LogP contribution in [0.25, 0.3) is 0 Å². The molecule has 2 aliphatic rings. The van der Waals surface area contributed by atoms with Gasteiger partial charge in [0.05, 0.1) is 19.5 Å². The van der Waals surface area contributed by atoms with Crippen LogP contribution in [-0.2, 0) is 21.5 Å². The van der Waals surface area contributed by atoms with Gasteiger partial charge in [0.2, 0.25) is 5.91 Å². The molecule has 164 valence electrons. The largest absolute Gasteiger partial charge is 0.354 e. The normalized spacial score (nSPS) is 21.9. The van der Waals surface area contributed by atoms with Crippen LogP contribution in [0.2, 0.25) is 0 Å². The molecule has 0 radical (unpaired) electrons. The minimum Gasteiger partial charge on any atom is -0.354 e. The van der Waals surface area contributed by atoms with Crippen molar-refractivity contribution in [1.82, 2.24) is 20.9 Å². The summed E-state index contributed by atoms with van der Waals surface area (Å²) in [5, 5.41) is 8.49. The lowest BCUT2D eigenvalue weighted by Gasteiger charge is -2.32. The number of hydrogen-bond acceptors (Lipinski definition) is 3. The number of nitrogens with one attached hydrogen (secondary N) is 4. The van der Waals surface area contributed by atoms with E-state index in [1.54, 1.807) is 4.90 Å². The van der Waals surface area contributed by atoms with Crippen LogP contribution in [0.3, 0.4) is 0 Å². The molecule has 8 heteroatoms. The maximum atomic E-state index is 12.5. The third-order valence-electron chi connectivity index (χ3n) is 5.82. The van der Waals surface area contributed by atoms with Crippen LogP contribution >= 0.6 is 0 Å². The monoisotopic (exact) mass is 416 g/mol. The topological polar surface area (TPSA) is 95.0 Å². The summed E-state index contributed by atoms with van der Waals surface area (Å²) in [7, 11) is 0. The quantitative estimate of drug-likeness (QED) is 0.478. The van der Waals surface area contributed by atoms with Gasteiger partial charge in [-0.2, -0.15) is 0 Å². The number of rotatable bonds is 7. The third-order valence-corrected chi connectivity index (χ3v) is 5.82. The number of carbonyl (C=O) groups is 3. The molecular weight excluding hydrogens is 382 g/mol. The molecule has 0 aliphatic carbocycles. The summed E-state index contributed by atoms with van der Waals surface area (Å²) in [5.74, 6) is -0.227. The summed E-state index contributed by atoms with van der Waals surface area (Å²) >= 11 is 0. The second-order valence-corrected chi connectivity index (χ2v) is 9.15. The van der Waals surface area contributed by atoms with Gasteiger partial charge >= 0.3 is 6.03 Å². The zero-order chi connectivity index (χ0) is 21.7. The van der Waals surface area contributed by atoms with Crippen molar-refractivity contribution < 1.29 is 19.3 Å². The van der Waals surface area contributed by atoms with Crippen molar-refractivity contribution >= 4 is 17.8 Å². The summed E-state index contributed by atoms with van der Waals surface area (Å²) in [6.07, 6.45) is 0.145. The number of benzene rings is 1. The van der Waals surface area contributed by atoms with Crippen molar-refractivity contribution in [3.63, 3.8) is 0 Å². The Hall–Kier alpha value is -2.61. The van der Waals surface area contributed by atoms with E-state index in [0.717, 1.165) is 11.4 Å².